The molecule has 0 amide bonds. The molecule has 3 rings (SSSR count). The third-order valence-corrected chi connectivity index (χ3v) is 4.80. The van der Waals surface area contributed by atoms with Gasteiger partial charge >= 0.3 is 0 Å². The molecule has 0 radical (unpaired) electrons. The molecule has 0 spiro atoms. The Bertz CT molecular complexity index is 924. The highest BCUT2D eigenvalue weighted by Crippen LogP contribution is 2.34. The number of aromatic nitrogens is 3. The highest BCUT2D eigenvalue weighted by atomic mass is 19.1. The summed E-state index contributed by atoms with van der Waals surface area (Å²) < 4.78 is 14.4. The molecule has 8 heteroatoms. The van der Waals surface area contributed by atoms with Crippen molar-refractivity contribution in [3.63, 3.8) is 0 Å². The number of nitrogens with two attached hydrogens (primary N) is 2. The summed E-state index contributed by atoms with van der Waals surface area (Å²) >= 11 is 0. The van der Waals surface area contributed by atoms with Crippen LogP contribution < -0.4 is 16.8 Å². The van der Waals surface area contributed by atoms with Gasteiger partial charge in [0.15, 0.2) is 5.78 Å². The van der Waals surface area contributed by atoms with Gasteiger partial charge in [0, 0.05) is 42.9 Å². The fraction of sp³-hybridized carbons (Fsp3) is 0.368. The Balaban J connectivity index is 2.13. The number of pyridine rings is 1. The van der Waals surface area contributed by atoms with E-state index in [9.17, 15) is 9.18 Å². The molecule has 1 aliphatic rings. The summed E-state index contributed by atoms with van der Waals surface area (Å²) in [6, 6.07) is 2.84. The molecule has 0 saturated heterocycles. The zero-order valence-electron chi connectivity index (χ0n) is 15.6. The Kier molecular flexibility index (Phi) is 5.18. The van der Waals surface area contributed by atoms with Gasteiger partial charge in [-0.15, -0.1) is 0 Å². The van der Waals surface area contributed by atoms with E-state index in [0.29, 0.717) is 40.2 Å². The number of carbonyl (C=O) groups is 1. The minimum atomic E-state index is -0.595. The Labute approximate surface area is 157 Å². The Hall–Kier alpha value is -2.87. The number of nitrogen functional groups attached to an aromatic ring is 1. The van der Waals surface area contributed by atoms with Crippen LogP contribution >= 0.6 is 0 Å². The second-order valence-electron chi connectivity index (χ2n) is 6.73. The maximum absolute atomic E-state index is 14.4. The second kappa shape index (κ2) is 7.40. The Morgan fingerprint density at radius 3 is 2.74 bits per heavy atom. The number of hydrogen-bond acceptors (Lipinski definition) is 7. The molecule has 1 aliphatic carbocycles. The van der Waals surface area contributed by atoms with Crippen molar-refractivity contribution in [3.8, 4) is 0 Å². The van der Waals surface area contributed by atoms with Crippen molar-refractivity contribution in [2.75, 3.05) is 12.8 Å². The van der Waals surface area contributed by atoms with Crippen molar-refractivity contribution in [1.29, 1.82) is 0 Å². The monoisotopic (exact) mass is 370 g/mol. The minimum absolute atomic E-state index is 0.0535. The third kappa shape index (κ3) is 3.52. The van der Waals surface area contributed by atoms with Crippen LogP contribution in [-0.4, -0.2) is 33.8 Å². The van der Waals surface area contributed by atoms with E-state index in [2.05, 4.69) is 20.3 Å². The molecule has 2 aromatic heterocycles. The zero-order valence-corrected chi connectivity index (χ0v) is 15.6. The topological polar surface area (TPSA) is 120 Å². The summed E-state index contributed by atoms with van der Waals surface area (Å²) in [5.74, 6) is -0.727. The lowest BCUT2D eigenvalue weighted by Gasteiger charge is -2.29. The maximum Gasteiger partial charge on any atom is 0.220 e. The fourth-order valence-corrected chi connectivity index (χ4v) is 3.78. The van der Waals surface area contributed by atoms with Gasteiger partial charge in [0.05, 0.1) is 17.0 Å². The predicted octanol–water partition coefficient (Wildman–Crippen LogP) is 1.62. The molecule has 5 N–H and O–H groups in total. The molecular weight excluding hydrogens is 347 g/mol. The average molecular weight is 370 g/mol. The summed E-state index contributed by atoms with van der Waals surface area (Å²) in [6.07, 6.45) is 2.14. The largest absolute Gasteiger partial charge is 0.391 e. The van der Waals surface area contributed by atoms with Gasteiger partial charge in [-0.2, -0.15) is 4.39 Å². The first-order valence-corrected chi connectivity index (χ1v) is 8.77. The number of ketones is 1. The molecule has 142 valence electrons. The number of aryl methyl sites for hydroxylation is 1. The van der Waals surface area contributed by atoms with Gasteiger partial charge in [-0.25, -0.2) is 15.0 Å². The van der Waals surface area contributed by atoms with Crippen LogP contribution in [0.5, 0.6) is 0 Å². The SMILES string of the molecule is CN/C(=C(/c1cccnc1F)C(C)N)C1CC(=O)c2c(C)nc(N)nc2C1. The molecule has 27 heavy (non-hydrogen) atoms. The number of carbonyl (C=O) groups excluding carboxylic acids is 1. The van der Waals surface area contributed by atoms with Gasteiger partial charge in [0.2, 0.25) is 11.9 Å². The Morgan fingerprint density at radius 2 is 2.11 bits per heavy atom. The lowest BCUT2D eigenvalue weighted by Crippen LogP contribution is -2.32. The van der Waals surface area contributed by atoms with E-state index < -0.39 is 12.0 Å². The average Bonchev–Trinajstić information content (AvgIpc) is 2.59. The number of halogens is 1. The summed E-state index contributed by atoms with van der Waals surface area (Å²) in [6.45, 7) is 3.53. The van der Waals surface area contributed by atoms with Crippen LogP contribution in [0.1, 0.15) is 40.7 Å². The quantitative estimate of drug-likeness (QED) is 0.700. The number of nitrogens with zero attached hydrogens (tertiary/aromatic N) is 3. The van der Waals surface area contributed by atoms with Crippen molar-refractivity contribution < 1.29 is 9.18 Å². The van der Waals surface area contributed by atoms with Gasteiger partial charge in [-0.1, -0.05) is 0 Å². The lowest BCUT2D eigenvalue weighted by molar-refractivity contribution is 0.0953. The van der Waals surface area contributed by atoms with Crippen molar-refractivity contribution in [3.05, 3.63) is 52.5 Å². The van der Waals surface area contributed by atoms with E-state index >= 15 is 0 Å². The van der Waals surface area contributed by atoms with E-state index in [4.69, 9.17) is 11.5 Å². The first kappa shape index (κ1) is 18.9. The summed E-state index contributed by atoms with van der Waals surface area (Å²) in [5.41, 5.74) is 15.3. The number of Topliss-reactive ketones (excluding diaryl/α,β-unsaturated/α-hetero) is 1. The molecule has 2 heterocycles. The van der Waals surface area contributed by atoms with Crippen molar-refractivity contribution in [2.24, 2.45) is 11.7 Å². The standard InChI is InChI=1S/C19H23FN6O/c1-9(21)15(12-5-4-6-24-18(12)20)17(23-3)11-7-13-16(14(27)8-11)10(2)25-19(22)26-13/h4-6,9,11,23H,7-8,21H2,1-3H3,(H2,22,25,26)/b17-15+. The van der Waals surface area contributed by atoms with Crippen molar-refractivity contribution >= 4 is 17.3 Å². The molecule has 2 unspecified atom stereocenters. The normalized spacial score (nSPS) is 18.6. The maximum atomic E-state index is 14.4. The Morgan fingerprint density at radius 1 is 1.37 bits per heavy atom. The number of allylic oxidation sites excluding steroid dienone is 1. The fourth-order valence-electron chi connectivity index (χ4n) is 3.78. The van der Waals surface area contributed by atoms with Crippen LogP contribution in [0.4, 0.5) is 10.3 Å². The smallest absolute Gasteiger partial charge is 0.220 e. The van der Waals surface area contributed by atoms with Crippen molar-refractivity contribution in [2.45, 2.75) is 32.7 Å². The van der Waals surface area contributed by atoms with Crippen LogP contribution in [0.25, 0.3) is 5.57 Å². The molecule has 0 aromatic carbocycles. The predicted molar refractivity (Wildman–Crippen MR) is 101 cm³/mol. The van der Waals surface area contributed by atoms with E-state index in [1.165, 1.54) is 6.20 Å². The summed E-state index contributed by atoms with van der Waals surface area (Å²) in [7, 11) is 1.74. The van der Waals surface area contributed by atoms with Crippen molar-refractivity contribution in [1.82, 2.24) is 20.3 Å². The van der Waals surface area contributed by atoms with Crippen LogP contribution in [0.15, 0.2) is 24.0 Å². The molecule has 7 nitrogen and oxygen atoms in total. The summed E-state index contributed by atoms with van der Waals surface area (Å²) in [5, 5.41) is 3.14. The number of nitrogens with one attached hydrogen (secondary N) is 1. The highest BCUT2D eigenvalue weighted by molar-refractivity contribution is 5.99. The van der Waals surface area contributed by atoms with E-state index in [1.807, 2.05) is 0 Å². The number of hydrogen-bond donors (Lipinski definition) is 3. The third-order valence-electron chi connectivity index (χ3n) is 4.80. The van der Waals surface area contributed by atoms with Gasteiger partial charge in [-0.3, -0.25) is 4.79 Å². The number of fused-ring (bicyclic) bond motifs is 1. The minimum Gasteiger partial charge on any atom is -0.391 e. The molecule has 0 bridgehead atoms. The first-order chi connectivity index (χ1) is 12.8. The number of rotatable bonds is 4. The molecule has 0 saturated carbocycles. The molecule has 0 aliphatic heterocycles. The van der Waals surface area contributed by atoms with E-state index in [1.54, 1.807) is 33.0 Å². The molecule has 2 aromatic rings. The molecule has 0 fully saturated rings. The van der Waals surface area contributed by atoms with Crippen LogP contribution in [0, 0.1) is 18.8 Å². The van der Waals surface area contributed by atoms with Gasteiger partial charge in [0.25, 0.3) is 0 Å². The van der Waals surface area contributed by atoms with Crippen LogP contribution in [-0.2, 0) is 6.42 Å². The summed E-state index contributed by atoms with van der Waals surface area (Å²) in [4.78, 5) is 24.8. The van der Waals surface area contributed by atoms with Crippen LogP contribution in [0.2, 0.25) is 0 Å². The second-order valence-corrected chi connectivity index (χ2v) is 6.73. The van der Waals surface area contributed by atoms with Crippen LogP contribution in [0.3, 0.4) is 0 Å². The zero-order chi connectivity index (χ0) is 19.7. The van der Waals surface area contributed by atoms with Gasteiger partial charge in [0.1, 0.15) is 0 Å². The van der Waals surface area contributed by atoms with E-state index in [0.717, 1.165) is 0 Å². The molecular formula is C19H23FN6O. The highest BCUT2D eigenvalue weighted by Gasteiger charge is 2.33. The number of anilines is 1. The van der Waals surface area contributed by atoms with Gasteiger partial charge < -0.3 is 16.8 Å². The lowest BCUT2D eigenvalue weighted by atomic mass is 9.80. The van der Waals surface area contributed by atoms with E-state index in [-0.39, 0.29) is 24.1 Å². The van der Waals surface area contributed by atoms with Gasteiger partial charge in [-0.05, 0) is 38.0 Å². The molecule has 2 atom stereocenters. The first-order valence-electron chi connectivity index (χ1n) is 8.77.